The van der Waals surface area contributed by atoms with Gasteiger partial charge in [0.15, 0.2) is 0 Å². The summed E-state index contributed by atoms with van der Waals surface area (Å²) in [5, 5.41) is 12.9. The van der Waals surface area contributed by atoms with Crippen LogP contribution in [0.15, 0.2) is 24.3 Å². The van der Waals surface area contributed by atoms with Crippen LogP contribution in [-0.4, -0.2) is 23.7 Å². The van der Waals surface area contributed by atoms with E-state index in [1.165, 1.54) is 6.08 Å². The summed E-state index contributed by atoms with van der Waals surface area (Å²) in [6, 6.07) is 5.14. The van der Waals surface area contributed by atoms with E-state index in [1.54, 1.807) is 24.3 Å². The number of hydrogen-bond acceptors (Lipinski definition) is 2. The number of nitrogens with one attached hydrogen (secondary N) is 1. The zero-order valence-corrected chi connectivity index (χ0v) is 11.5. The molecule has 0 saturated carbocycles. The molecule has 0 saturated heterocycles. The fourth-order valence-electron chi connectivity index (χ4n) is 1.25. The smallest absolute Gasteiger partial charge is 0.244 e. The first-order valence-corrected chi connectivity index (χ1v) is 6.38. The highest BCUT2D eigenvalue weighted by Gasteiger charge is 2.04. The van der Waals surface area contributed by atoms with E-state index in [4.69, 9.17) is 23.2 Å². The van der Waals surface area contributed by atoms with Gasteiger partial charge >= 0.3 is 0 Å². The molecule has 0 aromatic heterocycles. The first kappa shape index (κ1) is 15.0. The van der Waals surface area contributed by atoms with Crippen LogP contribution in [0.2, 0.25) is 10.0 Å². The lowest BCUT2D eigenvalue weighted by molar-refractivity contribution is -0.116. The van der Waals surface area contributed by atoms with E-state index in [9.17, 15) is 9.90 Å². The van der Waals surface area contributed by atoms with Gasteiger partial charge in [-0.05, 0) is 24.6 Å². The third-order valence-electron chi connectivity index (χ3n) is 2.38. The molecule has 0 radical (unpaired) electrons. The predicted octanol–water partition coefficient (Wildman–Crippen LogP) is 2.89. The van der Waals surface area contributed by atoms with E-state index in [1.807, 2.05) is 6.92 Å². The van der Waals surface area contributed by atoms with Crippen molar-refractivity contribution in [2.24, 2.45) is 0 Å². The topological polar surface area (TPSA) is 49.3 Å². The minimum absolute atomic E-state index is 0.232. The van der Waals surface area contributed by atoms with E-state index >= 15 is 0 Å². The van der Waals surface area contributed by atoms with Crippen molar-refractivity contribution in [1.29, 1.82) is 0 Å². The van der Waals surface area contributed by atoms with Crippen molar-refractivity contribution < 1.29 is 9.90 Å². The number of benzene rings is 1. The lowest BCUT2D eigenvalue weighted by Gasteiger charge is -2.07. The second-order valence-electron chi connectivity index (χ2n) is 3.78. The molecule has 1 amide bonds. The standard InChI is InChI=1S/C13H15Cl2NO2/c1-2-9(17)8-16-13(18)7-6-10-11(14)4-3-5-12(10)15/h3-7,9,17H,2,8H2,1H3,(H,16,18)/b7-6+. The van der Waals surface area contributed by atoms with Gasteiger partial charge in [-0.25, -0.2) is 0 Å². The van der Waals surface area contributed by atoms with Gasteiger partial charge in [0.1, 0.15) is 0 Å². The van der Waals surface area contributed by atoms with Crippen molar-refractivity contribution in [2.75, 3.05) is 6.54 Å². The van der Waals surface area contributed by atoms with Gasteiger partial charge in [0.25, 0.3) is 0 Å². The number of amides is 1. The molecular weight excluding hydrogens is 273 g/mol. The van der Waals surface area contributed by atoms with Crippen molar-refractivity contribution in [3.63, 3.8) is 0 Å². The summed E-state index contributed by atoms with van der Waals surface area (Å²) in [5.41, 5.74) is 0.604. The van der Waals surface area contributed by atoms with Gasteiger partial charge in [0.2, 0.25) is 5.91 Å². The van der Waals surface area contributed by atoms with E-state index < -0.39 is 6.10 Å². The fourth-order valence-corrected chi connectivity index (χ4v) is 1.77. The van der Waals surface area contributed by atoms with Crippen LogP contribution in [0.4, 0.5) is 0 Å². The van der Waals surface area contributed by atoms with Crippen LogP contribution in [0.25, 0.3) is 6.08 Å². The number of carbonyl (C=O) groups is 1. The molecule has 1 aromatic rings. The van der Waals surface area contributed by atoms with Crippen LogP contribution in [0, 0.1) is 0 Å². The minimum Gasteiger partial charge on any atom is -0.391 e. The van der Waals surface area contributed by atoms with Gasteiger partial charge in [-0.1, -0.05) is 36.2 Å². The molecule has 0 bridgehead atoms. The van der Waals surface area contributed by atoms with Crippen LogP contribution in [0.5, 0.6) is 0 Å². The van der Waals surface area contributed by atoms with Crippen molar-refractivity contribution in [3.8, 4) is 0 Å². The SMILES string of the molecule is CCC(O)CNC(=O)/C=C/c1c(Cl)cccc1Cl. The summed E-state index contributed by atoms with van der Waals surface area (Å²) < 4.78 is 0. The quantitative estimate of drug-likeness (QED) is 0.818. The molecule has 1 unspecified atom stereocenters. The Hall–Kier alpha value is -1.03. The molecular formula is C13H15Cl2NO2. The Labute approximate surface area is 116 Å². The van der Waals surface area contributed by atoms with Crippen LogP contribution in [0.3, 0.4) is 0 Å². The van der Waals surface area contributed by atoms with Crippen molar-refractivity contribution in [2.45, 2.75) is 19.4 Å². The molecule has 1 aromatic carbocycles. The number of rotatable bonds is 5. The monoisotopic (exact) mass is 287 g/mol. The Morgan fingerprint density at radius 3 is 2.61 bits per heavy atom. The van der Waals surface area contributed by atoms with Gasteiger partial charge in [-0.15, -0.1) is 0 Å². The van der Waals surface area contributed by atoms with Crippen LogP contribution >= 0.6 is 23.2 Å². The highest BCUT2D eigenvalue weighted by Crippen LogP contribution is 2.25. The molecule has 1 atom stereocenters. The third-order valence-corrected chi connectivity index (χ3v) is 3.04. The Morgan fingerprint density at radius 1 is 1.44 bits per heavy atom. The molecule has 3 nitrogen and oxygen atoms in total. The Kier molecular flexibility index (Phi) is 6.19. The molecule has 0 heterocycles. The molecule has 1 rings (SSSR count). The highest BCUT2D eigenvalue weighted by atomic mass is 35.5. The molecule has 0 fully saturated rings. The lowest BCUT2D eigenvalue weighted by atomic mass is 10.2. The minimum atomic E-state index is -0.522. The molecule has 18 heavy (non-hydrogen) atoms. The number of aliphatic hydroxyl groups is 1. The average Bonchev–Trinajstić information content (AvgIpc) is 2.35. The summed E-state index contributed by atoms with van der Waals surface area (Å²) >= 11 is 11.9. The predicted molar refractivity (Wildman–Crippen MR) is 74.8 cm³/mol. The zero-order chi connectivity index (χ0) is 13.5. The van der Waals surface area contributed by atoms with Crippen LogP contribution < -0.4 is 5.32 Å². The molecule has 98 valence electrons. The highest BCUT2D eigenvalue weighted by molar-refractivity contribution is 6.37. The number of hydrogen-bond donors (Lipinski definition) is 2. The Morgan fingerprint density at radius 2 is 2.06 bits per heavy atom. The number of halogens is 2. The van der Waals surface area contributed by atoms with Crippen LogP contribution in [-0.2, 0) is 4.79 Å². The second kappa shape index (κ2) is 7.41. The summed E-state index contributed by atoms with van der Waals surface area (Å²) in [5.74, 6) is -0.293. The number of aliphatic hydroxyl groups excluding tert-OH is 1. The van der Waals surface area contributed by atoms with Crippen molar-refractivity contribution in [1.82, 2.24) is 5.32 Å². The normalized spacial score (nSPS) is 12.7. The van der Waals surface area contributed by atoms with Crippen molar-refractivity contribution >= 4 is 35.2 Å². The van der Waals surface area contributed by atoms with Crippen LogP contribution in [0.1, 0.15) is 18.9 Å². The molecule has 2 N–H and O–H groups in total. The van der Waals surface area contributed by atoms with Gasteiger partial charge < -0.3 is 10.4 Å². The third kappa shape index (κ3) is 4.69. The summed E-state index contributed by atoms with van der Waals surface area (Å²) in [6.45, 7) is 2.08. The first-order valence-electron chi connectivity index (χ1n) is 5.62. The van der Waals surface area contributed by atoms with Gasteiger partial charge in [-0.3, -0.25) is 4.79 Å². The lowest BCUT2D eigenvalue weighted by Crippen LogP contribution is -2.30. The molecule has 0 spiro atoms. The van der Waals surface area contributed by atoms with Crippen molar-refractivity contribution in [3.05, 3.63) is 39.9 Å². The van der Waals surface area contributed by atoms with E-state index in [0.29, 0.717) is 22.0 Å². The summed E-state index contributed by atoms with van der Waals surface area (Å²) in [7, 11) is 0. The molecule has 5 heteroatoms. The van der Waals surface area contributed by atoms with E-state index in [2.05, 4.69) is 5.32 Å². The summed E-state index contributed by atoms with van der Waals surface area (Å²) in [4.78, 5) is 11.5. The molecule has 0 aliphatic heterocycles. The summed E-state index contributed by atoms with van der Waals surface area (Å²) in [6.07, 6.45) is 2.97. The van der Waals surface area contributed by atoms with E-state index in [-0.39, 0.29) is 12.5 Å². The fraction of sp³-hybridized carbons (Fsp3) is 0.308. The average molecular weight is 288 g/mol. The van der Waals surface area contributed by atoms with Gasteiger partial charge in [-0.2, -0.15) is 0 Å². The maximum Gasteiger partial charge on any atom is 0.244 e. The first-order chi connectivity index (χ1) is 8.54. The Bertz CT molecular complexity index is 426. The van der Waals surface area contributed by atoms with Gasteiger partial charge in [0.05, 0.1) is 6.10 Å². The number of carbonyl (C=O) groups excluding carboxylic acids is 1. The largest absolute Gasteiger partial charge is 0.391 e. The maximum atomic E-state index is 11.5. The second-order valence-corrected chi connectivity index (χ2v) is 4.59. The zero-order valence-electron chi connectivity index (χ0n) is 9.99. The maximum absolute atomic E-state index is 11.5. The van der Waals surface area contributed by atoms with Gasteiger partial charge in [0, 0.05) is 28.2 Å². The Balaban J connectivity index is 2.61. The molecule has 0 aliphatic rings. The molecule has 0 aliphatic carbocycles. The van der Waals surface area contributed by atoms with E-state index in [0.717, 1.165) is 0 Å².